The molecule has 3 heterocycles. The first kappa shape index (κ1) is 15.2. The molecule has 2 saturated heterocycles. The van der Waals surface area contributed by atoms with Crippen molar-refractivity contribution < 1.29 is 0 Å². The average Bonchev–Trinajstić information content (AvgIpc) is 3.09. The van der Waals surface area contributed by atoms with Crippen LogP contribution in [0.5, 0.6) is 0 Å². The van der Waals surface area contributed by atoms with Crippen LogP contribution in [0.3, 0.4) is 0 Å². The van der Waals surface area contributed by atoms with Gasteiger partial charge >= 0.3 is 0 Å². The Morgan fingerprint density at radius 1 is 1.26 bits per heavy atom. The summed E-state index contributed by atoms with van der Waals surface area (Å²) in [4.78, 5) is 7.55. The highest BCUT2D eigenvalue weighted by atomic mass is 15.2. The first-order valence-electron chi connectivity index (χ1n) is 9.06. The number of fused-ring (bicyclic) bond motifs is 1. The van der Waals surface area contributed by atoms with Crippen molar-refractivity contribution in [1.29, 1.82) is 0 Å². The van der Waals surface area contributed by atoms with Gasteiger partial charge in [-0.05, 0) is 63.7 Å². The molecule has 4 nitrogen and oxygen atoms in total. The lowest BCUT2D eigenvalue weighted by atomic mass is 9.80. The fourth-order valence-corrected chi connectivity index (χ4v) is 4.52. The van der Waals surface area contributed by atoms with Crippen LogP contribution in [0.4, 0.5) is 0 Å². The molecule has 0 saturated carbocycles. The first-order valence-corrected chi connectivity index (χ1v) is 9.06. The highest BCUT2D eigenvalue weighted by Gasteiger charge is 2.39. The molecule has 1 N–H and O–H groups in total. The van der Waals surface area contributed by atoms with E-state index in [1.54, 1.807) is 0 Å². The Morgan fingerprint density at radius 3 is 2.91 bits per heavy atom. The molecule has 2 aliphatic heterocycles. The molecule has 4 heteroatoms. The smallest absolute Gasteiger partial charge is 0.124 e. The van der Waals surface area contributed by atoms with Crippen LogP contribution < -0.4 is 5.32 Å². The lowest BCUT2D eigenvalue weighted by molar-refractivity contribution is 0.197. The predicted octanol–water partition coefficient (Wildman–Crippen LogP) is 3.19. The van der Waals surface area contributed by atoms with E-state index in [1.807, 2.05) is 0 Å². The van der Waals surface area contributed by atoms with Gasteiger partial charge in [0.1, 0.15) is 5.82 Å². The van der Waals surface area contributed by atoms with Gasteiger partial charge in [-0.2, -0.15) is 0 Å². The topological polar surface area (TPSA) is 33.1 Å². The number of hydrogen-bond acceptors (Lipinski definition) is 3. The molecule has 2 fully saturated rings. The zero-order valence-electron chi connectivity index (χ0n) is 14.4. The summed E-state index contributed by atoms with van der Waals surface area (Å²) in [7, 11) is 0. The quantitative estimate of drug-likeness (QED) is 0.945. The van der Waals surface area contributed by atoms with E-state index in [0.29, 0.717) is 11.5 Å². The average molecular weight is 312 g/mol. The lowest BCUT2D eigenvalue weighted by Gasteiger charge is -2.34. The number of rotatable bonds is 3. The molecule has 23 heavy (non-hydrogen) atoms. The maximum Gasteiger partial charge on any atom is 0.124 e. The zero-order chi connectivity index (χ0) is 15.9. The Morgan fingerprint density at radius 2 is 2.13 bits per heavy atom. The molecule has 2 aliphatic rings. The van der Waals surface area contributed by atoms with Crippen molar-refractivity contribution in [3.05, 3.63) is 30.1 Å². The lowest BCUT2D eigenvalue weighted by Crippen LogP contribution is -2.41. The Labute approximate surface area is 138 Å². The van der Waals surface area contributed by atoms with Crippen LogP contribution >= 0.6 is 0 Å². The van der Waals surface area contributed by atoms with Gasteiger partial charge in [0.15, 0.2) is 0 Å². The summed E-state index contributed by atoms with van der Waals surface area (Å²) in [6, 6.07) is 8.98. The van der Waals surface area contributed by atoms with Crippen molar-refractivity contribution in [1.82, 2.24) is 19.8 Å². The second-order valence-corrected chi connectivity index (χ2v) is 7.72. The summed E-state index contributed by atoms with van der Waals surface area (Å²) in [5.41, 5.74) is 2.92. The van der Waals surface area contributed by atoms with E-state index in [4.69, 9.17) is 4.98 Å². The third kappa shape index (κ3) is 2.79. The summed E-state index contributed by atoms with van der Waals surface area (Å²) < 4.78 is 2.42. The van der Waals surface area contributed by atoms with Gasteiger partial charge in [0, 0.05) is 19.1 Å². The van der Waals surface area contributed by atoms with Crippen molar-refractivity contribution >= 4 is 11.0 Å². The Kier molecular flexibility index (Phi) is 3.90. The molecule has 4 rings (SSSR count). The van der Waals surface area contributed by atoms with Crippen LogP contribution in [0.1, 0.15) is 45.0 Å². The Bertz CT molecular complexity index is 682. The van der Waals surface area contributed by atoms with E-state index in [0.717, 1.165) is 12.1 Å². The van der Waals surface area contributed by atoms with Crippen molar-refractivity contribution in [2.75, 3.05) is 26.2 Å². The predicted molar refractivity (Wildman–Crippen MR) is 94.5 cm³/mol. The zero-order valence-corrected chi connectivity index (χ0v) is 14.4. The minimum Gasteiger partial charge on any atom is -0.324 e. The van der Waals surface area contributed by atoms with Crippen LogP contribution in [0.25, 0.3) is 11.0 Å². The Balaban J connectivity index is 1.57. The van der Waals surface area contributed by atoms with Crippen molar-refractivity contribution in [2.45, 2.75) is 45.7 Å². The monoisotopic (exact) mass is 312 g/mol. The van der Waals surface area contributed by atoms with Gasteiger partial charge in [0.2, 0.25) is 0 Å². The summed E-state index contributed by atoms with van der Waals surface area (Å²) >= 11 is 0. The summed E-state index contributed by atoms with van der Waals surface area (Å²) in [5.74, 6) is 1.22. The second kappa shape index (κ2) is 5.91. The number of nitrogens with zero attached hydrogens (tertiary/aromatic N) is 3. The number of hydrogen-bond donors (Lipinski definition) is 1. The maximum atomic E-state index is 4.94. The summed E-state index contributed by atoms with van der Waals surface area (Å²) in [5, 5.41) is 3.61. The molecule has 1 spiro atoms. The molecule has 1 aromatic heterocycles. The van der Waals surface area contributed by atoms with Gasteiger partial charge in [-0.15, -0.1) is 0 Å². The molecular formula is C19H28N4. The molecule has 1 atom stereocenters. The fraction of sp³-hybridized carbons (Fsp3) is 0.632. The highest BCUT2D eigenvalue weighted by molar-refractivity contribution is 5.76. The van der Waals surface area contributed by atoms with Crippen molar-refractivity contribution in [2.24, 2.45) is 5.41 Å². The van der Waals surface area contributed by atoms with Crippen molar-refractivity contribution in [3.8, 4) is 0 Å². The number of imidazole rings is 1. The van der Waals surface area contributed by atoms with Gasteiger partial charge in [-0.25, -0.2) is 4.98 Å². The van der Waals surface area contributed by atoms with Gasteiger partial charge in [-0.1, -0.05) is 12.1 Å². The van der Waals surface area contributed by atoms with E-state index in [9.17, 15) is 0 Å². The van der Waals surface area contributed by atoms with Gasteiger partial charge in [-0.3, -0.25) is 4.90 Å². The molecule has 0 bridgehead atoms. The molecule has 0 unspecified atom stereocenters. The molecular weight excluding hydrogens is 284 g/mol. The molecule has 1 aromatic carbocycles. The number of nitrogens with one attached hydrogen (secondary N) is 1. The molecule has 0 aliphatic carbocycles. The minimum atomic E-state index is 0.449. The van der Waals surface area contributed by atoms with Gasteiger partial charge in [0.05, 0.1) is 17.6 Å². The van der Waals surface area contributed by atoms with Crippen LogP contribution in [0.15, 0.2) is 24.3 Å². The minimum absolute atomic E-state index is 0.449. The number of para-hydroxylation sites is 2. The summed E-state index contributed by atoms with van der Waals surface area (Å²) in [6.07, 6.45) is 4.05. The maximum absolute atomic E-state index is 4.94. The van der Waals surface area contributed by atoms with Crippen LogP contribution in [-0.2, 0) is 6.54 Å². The van der Waals surface area contributed by atoms with Gasteiger partial charge in [0.25, 0.3) is 0 Å². The normalized spacial score (nSPS) is 25.9. The van der Waals surface area contributed by atoms with Crippen molar-refractivity contribution in [3.63, 3.8) is 0 Å². The van der Waals surface area contributed by atoms with E-state index < -0.39 is 0 Å². The fourth-order valence-electron chi connectivity index (χ4n) is 4.52. The highest BCUT2D eigenvalue weighted by Crippen LogP contribution is 2.37. The van der Waals surface area contributed by atoms with Gasteiger partial charge < -0.3 is 9.88 Å². The third-order valence-electron chi connectivity index (χ3n) is 5.63. The molecule has 2 aromatic rings. The number of benzene rings is 1. The molecule has 0 amide bonds. The summed E-state index contributed by atoms with van der Waals surface area (Å²) in [6.45, 7) is 10.3. The largest absolute Gasteiger partial charge is 0.324 e. The van der Waals surface area contributed by atoms with Crippen LogP contribution in [0.2, 0.25) is 0 Å². The first-order chi connectivity index (χ1) is 11.2. The number of piperidine rings is 1. The van der Waals surface area contributed by atoms with E-state index in [-0.39, 0.29) is 0 Å². The Hall–Kier alpha value is -1.39. The standard InChI is InChI=1S/C19H28N4/c1-15(2)23-17-7-4-3-6-16(17)21-18(23)12-22-11-9-19(14-22)8-5-10-20-13-19/h3-4,6-7,15,20H,5,8-14H2,1-2H3/t19-/m0/s1. The van der Waals surface area contributed by atoms with Crippen LogP contribution in [-0.4, -0.2) is 40.6 Å². The van der Waals surface area contributed by atoms with E-state index >= 15 is 0 Å². The third-order valence-corrected chi connectivity index (χ3v) is 5.63. The SMILES string of the molecule is CC(C)n1c(CN2CC[C@]3(CCCNC3)C2)nc2ccccc21. The molecule has 124 valence electrons. The van der Waals surface area contributed by atoms with E-state index in [2.05, 4.69) is 52.9 Å². The number of likely N-dealkylation sites (tertiary alicyclic amines) is 1. The van der Waals surface area contributed by atoms with E-state index in [1.165, 1.54) is 56.8 Å². The number of aromatic nitrogens is 2. The van der Waals surface area contributed by atoms with Crippen LogP contribution in [0, 0.1) is 5.41 Å². The second-order valence-electron chi connectivity index (χ2n) is 7.72. The molecule has 0 radical (unpaired) electrons.